The number of anilines is 2. The summed E-state index contributed by atoms with van der Waals surface area (Å²) >= 11 is 0. The molecule has 0 radical (unpaired) electrons. The van der Waals surface area contributed by atoms with Crippen LogP contribution in [-0.2, 0) is 0 Å². The molecule has 0 aromatic carbocycles. The lowest BCUT2D eigenvalue weighted by atomic mass is 10.2. The Labute approximate surface area is 105 Å². The molecule has 0 atom stereocenters. The van der Waals surface area contributed by atoms with Crippen molar-refractivity contribution in [3.63, 3.8) is 0 Å². The summed E-state index contributed by atoms with van der Waals surface area (Å²) in [5.74, 6) is 4.29. The van der Waals surface area contributed by atoms with Crippen LogP contribution in [0.25, 0.3) is 0 Å². The third kappa shape index (κ3) is 2.63. The Morgan fingerprint density at radius 2 is 2.32 bits per heavy atom. The highest BCUT2D eigenvalue weighted by Gasteiger charge is 2.19. The normalized spacial score (nSPS) is 9.95. The van der Waals surface area contributed by atoms with Crippen molar-refractivity contribution >= 4 is 23.2 Å². The molecule has 2 aromatic rings. The first-order valence-corrected chi connectivity index (χ1v) is 4.94. The number of carbonyl (C=O) groups is 1. The largest absolute Gasteiger partial charge is 0.364 e. The molecule has 10 nitrogen and oxygen atoms in total. The second-order valence-corrected chi connectivity index (χ2v) is 3.33. The first kappa shape index (κ1) is 12.4. The molecule has 0 spiro atoms. The number of pyridine rings is 1. The topological polar surface area (TPSA) is 149 Å². The number of rotatable bonds is 4. The minimum atomic E-state index is -0.715. The van der Waals surface area contributed by atoms with Crippen LogP contribution in [0.15, 0.2) is 29.1 Å². The molecule has 2 rings (SSSR count). The highest BCUT2D eigenvalue weighted by Crippen LogP contribution is 2.19. The van der Waals surface area contributed by atoms with E-state index in [1.807, 2.05) is 0 Å². The Morgan fingerprint density at radius 3 is 2.89 bits per heavy atom. The van der Waals surface area contributed by atoms with Crippen LogP contribution in [0.4, 0.5) is 17.3 Å². The van der Waals surface area contributed by atoms with E-state index in [1.54, 1.807) is 0 Å². The van der Waals surface area contributed by atoms with Crippen molar-refractivity contribution in [3.8, 4) is 0 Å². The Hall–Kier alpha value is -3.01. The first-order valence-electron chi connectivity index (χ1n) is 4.94. The van der Waals surface area contributed by atoms with Gasteiger partial charge in [-0.15, -0.1) is 0 Å². The van der Waals surface area contributed by atoms with Crippen molar-refractivity contribution in [1.29, 1.82) is 0 Å². The van der Waals surface area contributed by atoms with Gasteiger partial charge in [-0.2, -0.15) is 0 Å². The second-order valence-electron chi connectivity index (χ2n) is 3.33. The molecule has 19 heavy (non-hydrogen) atoms. The summed E-state index contributed by atoms with van der Waals surface area (Å²) in [6.07, 6.45) is 2.36. The number of amides is 1. The monoisotopic (exact) mass is 264 g/mol. The second kappa shape index (κ2) is 5.10. The van der Waals surface area contributed by atoms with E-state index in [0.29, 0.717) is 0 Å². The first-order chi connectivity index (χ1) is 9.11. The molecular weight excluding hydrogens is 256 g/mol. The zero-order chi connectivity index (χ0) is 13.8. The number of nitrogens with zero attached hydrogens (tertiary/aromatic N) is 3. The smallest absolute Gasteiger partial charge is 0.363 e. The Balaban J connectivity index is 2.33. The van der Waals surface area contributed by atoms with Crippen molar-refractivity contribution in [2.45, 2.75) is 0 Å². The molecule has 1 amide bonds. The maximum absolute atomic E-state index is 11.9. The number of carbonyl (C=O) groups excluding carboxylic acids is 1. The lowest BCUT2D eigenvalue weighted by Gasteiger charge is -2.06. The molecule has 4 N–H and O–H groups in total. The average Bonchev–Trinajstić information content (AvgIpc) is 2.90. The van der Waals surface area contributed by atoms with Crippen LogP contribution in [0.1, 0.15) is 10.4 Å². The van der Waals surface area contributed by atoms with E-state index in [-0.39, 0.29) is 17.1 Å². The third-order valence-corrected chi connectivity index (χ3v) is 2.16. The third-order valence-electron chi connectivity index (χ3n) is 2.16. The number of aromatic nitrogens is 2. The van der Waals surface area contributed by atoms with Gasteiger partial charge in [0, 0.05) is 6.07 Å². The van der Waals surface area contributed by atoms with Gasteiger partial charge in [-0.05, 0) is 9.91 Å². The standard InChI is InChI=1S/C9H8N6O4/c10-13-6-4-11-8(15(17)18)3-5(6)9(16)12-7-1-2-19-14-7/h1-4,13H,10H2,(H,12,14,16). The molecule has 2 heterocycles. The summed E-state index contributed by atoms with van der Waals surface area (Å²) in [6, 6.07) is 2.42. The number of hydrogen-bond acceptors (Lipinski definition) is 8. The van der Waals surface area contributed by atoms with Gasteiger partial charge in [-0.25, -0.2) is 0 Å². The maximum Gasteiger partial charge on any atom is 0.364 e. The molecule has 2 aromatic heterocycles. The SMILES string of the molecule is NNc1cnc([N+](=O)[O-])cc1C(=O)Nc1ccon1. The predicted molar refractivity (Wildman–Crippen MR) is 63.2 cm³/mol. The molecule has 0 bridgehead atoms. The predicted octanol–water partition coefficient (Wildman–Crippen LogP) is 0.516. The van der Waals surface area contributed by atoms with Crippen LogP contribution in [0.2, 0.25) is 0 Å². The summed E-state index contributed by atoms with van der Waals surface area (Å²) in [5, 5.41) is 16.5. The van der Waals surface area contributed by atoms with E-state index >= 15 is 0 Å². The number of hydrazine groups is 1. The van der Waals surface area contributed by atoms with Gasteiger partial charge in [-0.1, -0.05) is 5.16 Å². The molecule has 10 heteroatoms. The number of nitrogens with two attached hydrogens (primary N) is 1. The Kier molecular flexibility index (Phi) is 3.34. The van der Waals surface area contributed by atoms with Crippen LogP contribution in [0.3, 0.4) is 0 Å². The van der Waals surface area contributed by atoms with Crippen molar-refractivity contribution in [2.24, 2.45) is 5.84 Å². The van der Waals surface area contributed by atoms with Gasteiger partial charge in [0.25, 0.3) is 5.91 Å². The van der Waals surface area contributed by atoms with E-state index < -0.39 is 16.6 Å². The van der Waals surface area contributed by atoms with E-state index in [9.17, 15) is 14.9 Å². The minimum Gasteiger partial charge on any atom is -0.363 e. The fraction of sp³-hybridized carbons (Fsp3) is 0. The minimum absolute atomic E-state index is 0.0350. The van der Waals surface area contributed by atoms with Crippen molar-refractivity contribution in [2.75, 3.05) is 10.7 Å². The summed E-state index contributed by atoms with van der Waals surface area (Å²) in [4.78, 5) is 25.4. The van der Waals surface area contributed by atoms with Gasteiger partial charge in [0.05, 0.1) is 11.6 Å². The molecular formula is C9H8N6O4. The van der Waals surface area contributed by atoms with E-state index in [1.165, 1.54) is 12.3 Å². The number of nitrogens with one attached hydrogen (secondary N) is 2. The molecule has 0 aliphatic rings. The van der Waals surface area contributed by atoms with Crippen LogP contribution < -0.4 is 16.6 Å². The van der Waals surface area contributed by atoms with Gasteiger partial charge in [0.2, 0.25) is 0 Å². The van der Waals surface area contributed by atoms with Gasteiger partial charge in [-0.3, -0.25) is 10.6 Å². The van der Waals surface area contributed by atoms with Gasteiger partial charge in [0.15, 0.2) is 12.0 Å². The number of nitrogen functional groups attached to an aromatic ring is 1. The Morgan fingerprint density at radius 1 is 1.53 bits per heavy atom. The molecule has 98 valence electrons. The summed E-state index contributed by atoms with van der Waals surface area (Å²) in [6.45, 7) is 0. The van der Waals surface area contributed by atoms with Crippen LogP contribution in [0.5, 0.6) is 0 Å². The van der Waals surface area contributed by atoms with E-state index in [0.717, 1.165) is 12.3 Å². The summed E-state index contributed by atoms with van der Waals surface area (Å²) in [5.41, 5.74) is 2.34. The van der Waals surface area contributed by atoms with Gasteiger partial charge < -0.3 is 25.4 Å². The molecule has 0 unspecified atom stereocenters. The Bertz CT molecular complexity index is 611. The quantitative estimate of drug-likeness (QED) is 0.410. The lowest BCUT2D eigenvalue weighted by Crippen LogP contribution is -2.18. The fourth-order valence-corrected chi connectivity index (χ4v) is 1.31. The fourth-order valence-electron chi connectivity index (χ4n) is 1.31. The molecule has 0 fully saturated rings. The average molecular weight is 264 g/mol. The zero-order valence-electron chi connectivity index (χ0n) is 9.36. The van der Waals surface area contributed by atoms with Crippen molar-refractivity contribution in [3.05, 3.63) is 40.3 Å². The number of hydrogen-bond donors (Lipinski definition) is 3. The van der Waals surface area contributed by atoms with E-state index in [2.05, 4.69) is 25.4 Å². The molecule has 0 aliphatic carbocycles. The highest BCUT2D eigenvalue weighted by atomic mass is 16.6. The highest BCUT2D eigenvalue weighted by molar-refractivity contribution is 6.07. The molecule has 0 saturated heterocycles. The van der Waals surface area contributed by atoms with Crippen LogP contribution in [0, 0.1) is 10.1 Å². The van der Waals surface area contributed by atoms with Gasteiger partial charge in [0.1, 0.15) is 12.0 Å². The zero-order valence-corrected chi connectivity index (χ0v) is 9.36. The maximum atomic E-state index is 11.9. The molecule has 0 aliphatic heterocycles. The lowest BCUT2D eigenvalue weighted by molar-refractivity contribution is -0.389. The van der Waals surface area contributed by atoms with Crippen LogP contribution >= 0.6 is 0 Å². The number of nitro groups is 1. The van der Waals surface area contributed by atoms with Crippen LogP contribution in [-0.4, -0.2) is 21.0 Å². The van der Waals surface area contributed by atoms with Crippen molar-refractivity contribution < 1.29 is 14.2 Å². The van der Waals surface area contributed by atoms with Gasteiger partial charge >= 0.3 is 5.82 Å². The summed E-state index contributed by atoms with van der Waals surface area (Å²) < 4.78 is 4.54. The van der Waals surface area contributed by atoms with Crippen molar-refractivity contribution in [1.82, 2.24) is 10.1 Å². The van der Waals surface area contributed by atoms with E-state index in [4.69, 9.17) is 5.84 Å². The summed E-state index contributed by atoms with van der Waals surface area (Å²) in [7, 11) is 0. The molecule has 0 saturated carbocycles.